The maximum Gasteiger partial charge on any atom is 0.316 e. The van der Waals surface area contributed by atoms with Crippen molar-refractivity contribution < 1.29 is 19.4 Å². The molecule has 1 fully saturated rings. The summed E-state index contributed by atoms with van der Waals surface area (Å²) in [5.74, 6) is 0.592. The molecule has 1 heterocycles. The van der Waals surface area contributed by atoms with Crippen molar-refractivity contribution in [3.63, 3.8) is 0 Å². The van der Waals surface area contributed by atoms with Gasteiger partial charge in [0.1, 0.15) is 5.75 Å². The van der Waals surface area contributed by atoms with Crippen molar-refractivity contribution in [1.82, 2.24) is 4.90 Å². The van der Waals surface area contributed by atoms with Crippen LogP contribution >= 0.6 is 0 Å². The van der Waals surface area contributed by atoms with Gasteiger partial charge >= 0.3 is 5.97 Å². The lowest BCUT2D eigenvalue weighted by atomic mass is 9.72. The molecule has 0 radical (unpaired) electrons. The third-order valence-corrected chi connectivity index (χ3v) is 5.61. The minimum Gasteiger partial charge on any atom is -0.497 e. The molecule has 28 heavy (non-hydrogen) atoms. The lowest BCUT2D eigenvalue weighted by Crippen LogP contribution is -2.48. The largest absolute Gasteiger partial charge is 0.497 e. The molecule has 2 aromatic carbocycles. The van der Waals surface area contributed by atoms with Crippen LogP contribution in [0.25, 0.3) is 0 Å². The van der Waals surface area contributed by atoms with Gasteiger partial charge in [-0.2, -0.15) is 0 Å². The lowest BCUT2D eigenvalue weighted by molar-refractivity contribution is -0.152. The molecule has 1 aliphatic rings. The number of carbonyl (C=O) groups is 1. The zero-order valence-electron chi connectivity index (χ0n) is 16.6. The van der Waals surface area contributed by atoms with E-state index >= 15 is 0 Å². The minimum absolute atomic E-state index is 0.144. The Morgan fingerprint density at radius 3 is 2.50 bits per heavy atom. The van der Waals surface area contributed by atoms with Crippen molar-refractivity contribution in [2.75, 3.05) is 33.4 Å². The number of aliphatic hydroxyl groups excluding tert-OH is 1. The van der Waals surface area contributed by atoms with Crippen molar-refractivity contribution in [2.45, 2.75) is 31.3 Å². The maximum absolute atomic E-state index is 12.8. The Bertz CT molecular complexity index is 769. The first-order valence-electron chi connectivity index (χ1n) is 9.86. The average molecular weight is 383 g/mol. The van der Waals surface area contributed by atoms with Gasteiger partial charge in [-0.25, -0.2) is 0 Å². The van der Waals surface area contributed by atoms with E-state index in [1.807, 2.05) is 61.5 Å². The topological polar surface area (TPSA) is 59.0 Å². The molecular formula is C23H29NO4. The number of rotatable bonds is 7. The van der Waals surface area contributed by atoms with Crippen LogP contribution in [0.5, 0.6) is 5.75 Å². The number of hydrogen-bond acceptors (Lipinski definition) is 5. The summed E-state index contributed by atoms with van der Waals surface area (Å²) in [6.45, 7) is 4.21. The van der Waals surface area contributed by atoms with Gasteiger partial charge in [-0.05, 0) is 56.1 Å². The summed E-state index contributed by atoms with van der Waals surface area (Å²) in [6, 6.07) is 17.4. The minimum atomic E-state index is -0.602. The van der Waals surface area contributed by atoms with E-state index in [1.165, 1.54) is 0 Å². The molecule has 1 aliphatic heterocycles. The van der Waals surface area contributed by atoms with Crippen molar-refractivity contribution in [1.29, 1.82) is 0 Å². The molecule has 0 bridgehead atoms. The molecule has 0 saturated carbocycles. The Kier molecular flexibility index (Phi) is 6.70. The van der Waals surface area contributed by atoms with Crippen LogP contribution in [0.4, 0.5) is 0 Å². The molecule has 1 saturated heterocycles. The van der Waals surface area contributed by atoms with E-state index in [9.17, 15) is 9.90 Å². The Labute approximate surface area is 166 Å². The fraction of sp³-hybridized carbons (Fsp3) is 0.435. The molecule has 150 valence electrons. The number of likely N-dealkylation sites (tertiary alicyclic amines) is 1. The van der Waals surface area contributed by atoms with Gasteiger partial charge in [0.2, 0.25) is 0 Å². The van der Waals surface area contributed by atoms with Crippen molar-refractivity contribution in [3.05, 3.63) is 65.7 Å². The van der Waals surface area contributed by atoms with Gasteiger partial charge in [0.25, 0.3) is 0 Å². The zero-order valence-corrected chi connectivity index (χ0v) is 16.6. The van der Waals surface area contributed by atoms with Crippen molar-refractivity contribution in [2.24, 2.45) is 0 Å². The molecule has 2 aromatic rings. The standard InChI is InChI=1S/C23H29NO4/c1-3-28-22(26)23(19-9-5-4-6-10-19)12-14-24(15-13-23)17-21(25)18-8-7-11-20(16-18)27-2/h4-11,16,21,25H,3,12-15,17H2,1-2H3. The SMILES string of the molecule is CCOC(=O)C1(c2ccccc2)CCN(CC(O)c2cccc(OC)c2)CC1. The van der Waals surface area contributed by atoms with Gasteiger partial charge in [-0.15, -0.1) is 0 Å². The van der Waals surface area contributed by atoms with Crippen molar-refractivity contribution in [3.8, 4) is 5.75 Å². The molecule has 1 atom stereocenters. The van der Waals surface area contributed by atoms with Crippen LogP contribution in [0, 0.1) is 0 Å². The Balaban J connectivity index is 1.69. The molecule has 5 heteroatoms. The molecule has 5 nitrogen and oxygen atoms in total. The molecule has 3 rings (SSSR count). The monoisotopic (exact) mass is 383 g/mol. The molecule has 0 spiro atoms. The molecular weight excluding hydrogens is 354 g/mol. The Morgan fingerprint density at radius 1 is 1.14 bits per heavy atom. The average Bonchev–Trinajstić information content (AvgIpc) is 2.75. The molecule has 1 N–H and O–H groups in total. The second-order valence-corrected chi connectivity index (χ2v) is 7.26. The van der Waals surface area contributed by atoms with Crippen molar-refractivity contribution >= 4 is 5.97 Å². The van der Waals surface area contributed by atoms with Crippen LogP contribution in [0.15, 0.2) is 54.6 Å². The number of esters is 1. The van der Waals surface area contributed by atoms with Crippen LogP contribution in [0.2, 0.25) is 0 Å². The first kappa shape index (κ1) is 20.4. The third-order valence-electron chi connectivity index (χ3n) is 5.61. The fourth-order valence-electron chi connectivity index (χ4n) is 3.95. The summed E-state index contributed by atoms with van der Waals surface area (Å²) in [5.41, 5.74) is 1.25. The predicted molar refractivity (Wildman–Crippen MR) is 108 cm³/mol. The number of methoxy groups -OCH3 is 1. The maximum atomic E-state index is 12.8. The highest BCUT2D eigenvalue weighted by Gasteiger charge is 2.44. The normalized spacial score (nSPS) is 17.7. The lowest BCUT2D eigenvalue weighted by Gasteiger charge is -2.40. The van der Waals surface area contributed by atoms with Crippen LogP contribution in [0.1, 0.15) is 37.0 Å². The highest BCUT2D eigenvalue weighted by molar-refractivity contribution is 5.83. The van der Waals surface area contributed by atoms with Gasteiger partial charge in [0.15, 0.2) is 0 Å². The van der Waals surface area contributed by atoms with E-state index in [-0.39, 0.29) is 5.97 Å². The fourth-order valence-corrected chi connectivity index (χ4v) is 3.95. The van der Waals surface area contributed by atoms with Gasteiger partial charge in [-0.1, -0.05) is 42.5 Å². The highest BCUT2D eigenvalue weighted by Crippen LogP contribution is 2.37. The number of piperidine rings is 1. The summed E-state index contributed by atoms with van der Waals surface area (Å²) >= 11 is 0. The van der Waals surface area contributed by atoms with Gasteiger partial charge in [0, 0.05) is 6.54 Å². The number of β-amino-alcohol motifs (C(OH)–C–C–N with tert-alkyl or cyclic N) is 1. The van der Waals surface area contributed by atoms with Crippen LogP contribution in [-0.2, 0) is 14.9 Å². The number of aliphatic hydroxyl groups is 1. The van der Waals surface area contributed by atoms with E-state index in [4.69, 9.17) is 9.47 Å². The second kappa shape index (κ2) is 9.22. The summed E-state index contributed by atoms with van der Waals surface area (Å²) in [6.07, 6.45) is 0.767. The summed E-state index contributed by atoms with van der Waals surface area (Å²) in [7, 11) is 1.62. The van der Waals surface area contributed by atoms with Gasteiger partial charge < -0.3 is 19.5 Å². The van der Waals surface area contributed by atoms with E-state index in [0.29, 0.717) is 26.0 Å². The summed E-state index contributed by atoms with van der Waals surface area (Å²) in [4.78, 5) is 15.1. The van der Waals surface area contributed by atoms with Gasteiger partial charge in [0.05, 0.1) is 25.2 Å². The molecule has 0 aromatic heterocycles. The van der Waals surface area contributed by atoms with E-state index < -0.39 is 11.5 Å². The highest BCUT2D eigenvalue weighted by atomic mass is 16.5. The zero-order chi connectivity index (χ0) is 20.0. The quantitative estimate of drug-likeness (QED) is 0.743. The van der Waals surface area contributed by atoms with Crippen LogP contribution < -0.4 is 4.74 Å². The predicted octanol–water partition coefficient (Wildman–Crippen LogP) is 3.33. The Morgan fingerprint density at radius 2 is 1.86 bits per heavy atom. The van der Waals surface area contributed by atoms with Crippen LogP contribution in [-0.4, -0.2) is 49.3 Å². The van der Waals surface area contributed by atoms with Crippen LogP contribution in [0.3, 0.4) is 0 Å². The molecule has 1 unspecified atom stereocenters. The molecule has 0 aliphatic carbocycles. The van der Waals surface area contributed by atoms with E-state index in [0.717, 1.165) is 30.0 Å². The van der Waals surface area contributed by atoms with E-state index in [1.54, 1.807) is 7.11 Å². The van der Waals surface area contributed by atoms with Gasteiger partial charge in [-0.3, -0.25) is 4.79 Å². The molecule has 0 amide bonds. The smallest absolute Gasteiger partial charge is 0.316 e. The number of hydrogen-bond donors (Lipinski definition) is 1. The number of benzene rings is 2. The Hall–Kier alpha value is -2.37. The number of ether oxygens (including phenoxy) is 2. The first-order chi connectivity index (χ1) is 13.6. The number of nitrogens with zero attached hydrogens (tertiary/aromatic N) is 1. The van der Waals surface area contributed by atoms with E-state index in [2.05, 4.69) is 4.90 Å². The summed E-state index contributed by atoms with van der Waals surface area (Å²) in [5, 5.41) is 10.6. The summed E-state index contributed by atoms with van der Waals surface area (Å²) < 4.78 is 10.7. The third kappa shape index (κ3) is 4.37. The first-order valence-corrected chi connectivity index (χ1v) is 9.86. The second-order valence-electron chi connectivity index (χ2n) is 7.26. The number of carbonyl (C=O) groups excluding carboxylic acids is 1.